The van der Waals surface area contributed by atoms with E-state index in [-0.39, 0.29) is 36.3 Å². The smallest absolute Gasteiger partial charge is 0.310 e. The molecule has 2 rings (SSSR count). The highest BCUT2D eigenvalue weighted by molar-refractivity contribution is 5.82. The lowest BCUT2D eigenvalue weighted by molar-refractivity contribution is -0.164. The van der Waals surface area contributed by atoms with E-state index >= 15 is 0 Å². The summed E-state index contributed by atoms with van der Waals surface area (Å²) < 4.78 is 10.3. The number of hydrogen-bond acceptors (Lipinski definition) is 4. The van der Waals surface area contributed by atoms with Crippen molar-refractivity contribution in [2.24, 2.45) is 17.8 Å². The molecular weight excluding hydrogens is 268 g/mol. The summed E-state index contributed by atoms with van der Waals surface area (Å²) in [5.41, 5.74) is 0.948. The molecule has 1 aliphatic carbocycles. The Morgan fingerprint density at radius 3 is 2.52 bits per heavy atom. The van der Waals surface area contributed by atoms with Crippen LogP contribution in [0.3, 0.4) is 0 Å². The molecule has 21 heavy (non-hydrogen) atoms. The van der Waals surface area contributed by atoms with Crippen LogP contribution in [0, 0.1) is 17.8 Å². The van der Waals surface area contributed by atoms with Crippen molar-refractivity contribution in [2.45, 2.75) is 32.8 Å². The molecule has 0 bridgehead atoms. The number of ether oxygens (including phenoxy) is 2. The number of carbonyl (C=O) groups excluding carboxylic acids is 2. The largest absolute Gasteiger partial charge is 0.469 e. The number of benzene rings is 1. The third-order valence-corrected chi connectivity index (χ3v) is 4.22. The fraction of sp³-hybridized carbons (Fsp3) is 0.529. The van der Waals surface area contributed by atoms with Gasteiger partial charge in [-0.05, 0) is 24.3 Å². The first-order chi connectivity index (χ1) is 10.1. The number of hydrogen-bond donors (Lipinski definition) is 0. The summed E-state index contributed by atoms with van der Waals surface area (Å²) >= 11 is 0. The lowest BCUT2D eigenvalue weighted by Gasteiger charge is -2.32. The SMILES string of the molecule is COC(=O)[C@H]1[C@@H](C(=O)OCc2ccccc2)CCC[C@@H]1C. The average molecular weight is 290 g/mol. The number of esters is 2. The Bertz CT molecular complexity index is 483. The molecule has 1 fully saturated rings. The van der Waals surface area contributed by atoms with Crippen LogP contribution in [0.5, 0.6) is 0 Å². The Labute approximate surface area is 125 Å². The fourth-order valence-corrected chi connectivity index (χ4v) is 3.05. The van der Waals surface area contributed by atoms with Crippen molar-refractivity contribution in [2.75, 3.05) is 7.11 Å². The lowest BCUT2D eigenvalue weighted by atomic mass is 9.73. The molecule has 1 saturated carbocycles. The average Bonchev–Trinajstić information content (AvgIpc) is 2.52. The highest BCUT2D eigenvalue weighted by Gasteiger charge is 2.41. The van der Waals surface area contributed by atoms with Gasteiger partial charge in [0.15, 0.2) is 0 Å². The van der Waals surface area contributed by atoms with E-state index in [4.69, 9.17) is 9.47 Å². The van der Waals surface area contributed by atoms with Crippen LogP contribution in [0.4, 0.5) is 0 Å². The Kier molecular flexibility index (Phi) is 5.37. The maximum absolute atomic E-state index is 12.3. The molecule has 4 heteroatoms. The van der Waals surface area contributed by atoms with Gasteiger partial charge in [-0.25, -0.2) is 0 Å². The topological polar surface area (TPSA) is 52.6 Å². The Morgan fingerprint density at radius 1 is 1.14 bits per heavy atom. The second-order valence-corrected chi connectivity index (χ2v) is 5.66. The minimum atomic E-state index is -0.384. The van der Waals surface area contributed by atoms with E-state index in [1.807, 2.05) is 37.3 Å². The van der Waals surface area contributed by atoms with Crippen LogP contribution in [0.15, 0.2) is 30.3 Å². The lowest BCUT2D eigenvalue weighted by Crippen LogP contribution is -2.39. The van der Waals surface area contributed by atoms with Crippen molar-refractivity contribution in [3.05, 3.63) is 35.9 Å². The van der Waals surface area contributed by atoms with Gasteiger partial charge in [0.25, 0.3) is 0 Å². The second-order valence-electron chi connectivity index (χ2n) is 5.66. The van der Waals surface area contributed by atoms with Crippen LogP contribution in [0.2, 0.25) is 0 Å². The first-order valence-corrected chi connectivity index (χ1v) is 7.42. The Balaban J connectivity index is 2.00. The number of rotatable bonds is 4. The normalized spacial score (nSPS) is 25.1. The molecule has 0 radical (unpaired) electrons. The Hall–Kier alpha value is -1.84. The van der Waals surface area contributed by atoms with Gasteiger partial charge in [0.05, 0.1) is 18.9 Å². The van der Waals surface area contributed by atoms with E-state index in [1.54, 1.807) is 0 Å². The van der Waals surface area contributed by atoms with Gasteiger partial charge < -0.3 is 9.47 Å². The van der Waals surface area contributed by atoms with E-state index in [1.165, 1.54) is 7.11 Å². The maximum atomic E-state index is 12.3. The minimum absolute atomic E-state index is 0.153. The molecule has 0 heterocycles. The molecule has 0 spiro atoms. The third kappa shape index (κ3) is 3.84. The molecule has 4 nitrogen and oxygen atoms in total. The van der Waals surface area contributed by atoms with Gasteiger partial charge in [0.2, 0.25) is 0 Å². The summed E-state index contributed by atoms with van der Waals surface area (Å²) in [7, 11) is 1.37. The van der Waals surface area contributed by atoms with Gasteiger partial charge in [-0.2, -0.15) is 0 Å². The van der Waals surface area contributed by atoms with Crippen molar-refractivity contribution >= 4 is 11.9 Å². The van der Waals surface area contributed by atoms with Gasteiger partial charge in [-0.3, -0.25) is 9.59 Å². The fourth-order valence-electron chi connectivity index (χ4n) is 3.05. The molecule has 1 aromatic rings. The van der Waals surface area contributed by atoms with Crippen LogP contribution in [0.25, 0.3) is 0 Å². The Morgan fingerprint density at radius 2 is 1.86 bits per heavy atom. The summed E-state index contributed by atoms with van der Waals surface area (Å²) in [6.07, 6.45) is 2.58. The number of methoxy groups -OCH3 is 1. The zero-order valence-electron chi connectivity index (χ0n) is 12.6. The van der Waals surface area contributed by atoms with Gasteiger partial charge in [-0.1, -0.05) is 43.7 Å². The zero-order valence-corrected chi connectivity index (χ0v) is 12.6. The van der Waals surface area contributed by atoms with Crippen molar-refractivity contribution in [3.8, 4) is 0 Å². The highest BCUT2D eigenvalue weighted by atomic mass is 16.5. The van der Waals surface area contributed by atoms with Crippen molar-refractivity contribution in [1.82, 2.24) is 0 Å². The molecular formula is C17H22O4. The molecule has 114 valence electrons. The summed E-state index contributed by atoms with van der Waals surface area (Å²) in [6.45, 7) is 2.25. The third-order valence-electron chi connectivity index (χ3n) is 4.22. The van der Waals surface area contributed by atoms with Gasteiger partial charge >= 0.3 is 11.9 Å². The van der Waals surface area contributed by atoms with E-state index < -0.39 is 0 Å². The quantitative estimate of drug-likeness (QED) is 0.800. The molecule has 0 aliphatic heterocycles. The predicted molar refractivity (Wildman–Crippen MR) is 78.2 cm³/mol. The maximum Gasteiger partial charge on any atom is 0.310 e. The molecule has 0 unspecified atom stereocenters. The van der Waals surface area contributed by atoms with Gasteiger partial charge in [0, 0.05) is 0 Å². The summed E-state index contributed by atoms with van der Waals surface area (Å²) in [6, 6.07) is 9.55. The molecule has 1 aliphatic rings. The second kappa shape index (κ2) is 7.25. The first-order valence-electron chi connectivity index (χ1n) is 7.42. The predicted octanol–water partition coefficient (Wildman–Crippen LogP) is 2.96. The van der Waals surface area contributed by atoms with Crippen molar-refractivity contribution < 1.29 is 19.1 Å². The van der Waals surface area contributed by atoms with Gasteiger partial charge in [0.1, 0.15) is 6.61 Å². The molecule has 0 aromatic heterocycles. The molecule has 3 atom stereocenters. The van der Waals surface area contributed by atoms with Crippen LogP contribution >= 0.6 is 0 Å². The van der Waals surface area contributed by atoms with Crippen LogP contribution < -0.4 is 0 Å². The molecule has 0 amide bonds. The van der Waals surface area contributed by atoms with E-state index in [0.717, 1.165) is 18.4 Å². The highest BCUT2D eigenvalue weighted by Crippen LogP contribution is 2.36. The number of carbonyl (C=O) groups is 2. The monoisotopic (exact) mass is 290 g/mol. The van der Waals surface area contributed by atoms with Crippen molar-refractivity contribution in [1.29, 1.82) is 0 Å². The van der Waals surface area contributed by atoms with Crippen LogP contribution in [-0.4, -0.2) is 19.0 Å². The summed E-state index contributed by atoms with van der Waals surface area (Å²) in [5, 5.41) is 0. The van der Waals surface area contributed by atoms with E-state index in [0.29, 0.717) is 6.42 Å². The molecule has 0 N–H and O–H groups in total. The van der Waals surface area contributed by atoms with Crippen LogP contribution in [0.1, 0.15) is 31.7 Å². The van der Waals surface area contributed by atoms with E-state index in [9.17, 15) is 9.59 Å². The van der Waals surface area contributed by atoms with E-state index in [2.05, 4.69) is 0 Å². The molecule has 1 aromatic carbocycles. The zero-order chi connectivity index (χ0) is 15.2. The minimum Gasteiger partial charge on any atom is -0.469 e. The van der Waals surface area contributed by atoms with Crippen molar-refractivity contribution in [3.63, 3.8) is 0 Å². The first kappa shape index (κ1) is 15.5. The standard InChI is InChI=1S/C17H22O4/c1-12-7-6-10-14(15(12)17(19)20-2)16(18)21-11-13-8-4-3-5-9-13/h3-5,8-9,12,14-15H,6-7,10-11H2,1-2H3/t12-,14-,15+/m0/s1. The van der Waals surface area contributed by atoms with Crippen LogP contribution in [-0.2, 0) is 25.7 Å². The molecule has 0 saturated heterocycles. The van der Waals surface area contributed by atoms with Gasteiger partial charge in [-0.15, -0.1) is 0 Å². The summed E-state index contributed by atoms with van der Waals surface area (Å²) in [4.78, 5) is 24.3. The summed E-state index contributed by atoms with van der Waals surface area (Å²) in [5.74, 6) is -1.21.